The summed E-state index contributed by atoms with van der Waals surface area (Å²) in [6.07, 6.45) is 5.51. The lowest BCUT2D eigenvalue weighted by molar-refractivity contribution is 0.0980. The molecule has 0 radical (unpaired) electrons. The molecule has 0 unspecified atom stereocenters. The zero-order chi connectivity index (χ0) is 11.3. The predicted molar refractivity (Wildman–Crippen MR) is 60.2 cm³/mol. The lowest BCUT2D eigenvalue weighted by atomic mass is 10.3. The Kier molecular flexibility index (Phi) is 3.97. The highest BCUT2D eigenvalue weighted by Gasteiger charge is 2.12. The second-order valence-electron chi connectivity index (χ2n) is 3.15. The molecule has 15 heavy (non-hydrogen) atoms. The Morgan fingerprint density at radius 1 is 1.53 bits per heavy atom. The fraction of sp³-hybridized carbons (Fsp3) is 0.364. The Balaban J connectivity index is 2.67. The molecular formula is C11H16N2O2. The normalized spacial score (nSPS) is 19.5. The molecule has 0 spiro atoms. The number of hydrogen-bond donors (Lipinski definition) is 0. The molecule has 0 amide bonds. The predicted octanol–water partition coefficient (Wildman–Crippen LogP) is 1.88. The maximum atomic E-state index is 5.20. The van der Waals surface area contributed by atoms with Gasteiger partial charge in [0.2, 0.25) is 6.79 Å². The molecule has 0 aromatic carbocycles. The minimum Gasteiger partial charge on any atom is -0.454 e. The third-order valence-corrected chi connectivity index (χ3v) is 2.04. The zero-order valence-electron chi connectivity index (χ0n) is 9.36. The highest BCUT2D eigenvalue weighted by Crippen LogP contribution is 2.18. The maximum Gasteiger partial charge on any atom is 0.231 e. The van der Waals surface area contributed by atoms with Gasteiger partial charge in [0.15, 0.2) is 11.5 Å². The monoisotopic (exact) mass is 208 g/mol. The topological polar surface area (TPSA) is 34.1 Å². The maximum absolute atomic E-state index is 5.20. The van der Waals surface area contributed by atoms with Gasteiger partial charge < -0.3 is 14.4 Å². The van der Waals surface area contributed by atoms with E-state index in [1.54, 1.807) is 13.4 Å². The summed E-state index contributed by atoms with van der Waals surface area (Å²) < 4.78 is 10.2. The van der Waals surface area contributed by atoms with Crippen molar-refractivity contribution in [3.05, 3.63) is 35.9 Å². The number of ether oxygens (including phenoxy) is 2. The molecule has 0 atom stereocenters. The summed E-state index contributed by atoms with van der Waals surface area (Å²) >= 11 is 0. The minimum atomic E-state index is 0.254. The van der Waals surface area contributed by atoms with Crippen LogP contribution in [-0.2, 0) is 9.47 Å². The molecule has 1 saturated heterocycles. The van der Waals surface area contributed by atoms with Gasteiger partial charge in [-0.05, 0) is 19.1 Å². The van der Waals surface area contributed by atoms with Crippen LogP contribution in [0.1, 0.15) is 6.92 Å². The molecule has 0 bridgehead atoms. The van der Waals surface area contributed by atoms with Crippen LogP contribution in [0.4, 0.5) is 0 Å². The van der Waals surface area contributed by atoms with E-state index in [4.69, 9.17) is 9.47 Å². The molecule has 1 fully saturated rings. The molecule has 0 N–H and O–H groups in total. The van der Waals surface area contributed by atoms with Gasteiger partial charge in [-0.2, -0.15) is 0 Å². The third kappa shape index (κ3) is 3.16. The molecule has 1 aliphatic rings. The number of rotatable bonds is 3. The summed E-state index contributed by atoms with van der Waals surface area (Å²) in [5, 5.41) is 0. The first-order valence-corrected chi connectivity index (χ1v) is 4.63. The lowest BCUT2D eigenvalue weighted by Crippen LogP contribution is -2.12. The Morgan fingerprint density at radius 3 is 2.80 bits per heavy atom. The van der Waals surface area contributed by atoms with Crippen molar-refractivity contribution < 1.29 is 9.47 Å². The minimum absolute atomic E-state index is 0.254. The van der Waals surface area contributed by atoms with Crippen molar-refractivity contribution in [1.82, 2.24) is 4.90 Å². The summed E-state index contributed by atoms with van der Waals surface area (Å²) in [6, 6.07) is 0. The lowest BCUT2D eigenvalue weighted by Gasteiger charge is -2.12. The summed E-state index contributed by atoms with van der Waals surface area (Å²) in [7, 11) is 3.66. The highest BCUT2D eigenvalue weighted by molar-refractivity contribution is 5.57. The van der Waals surface area contributed by atoms with Crippen LogP contribution in [-0.4, -0.2) is 32.1 Å². The SMILES string of the molecule is C=C1OCO/C1=C/C=C(\C)N(C)C=NC. The van der Waals surface area contributed by atoms with Crippen molar-refractivity contribution in [2.24, 2.45) is 4.99 Å². The molecule has 82 valence electrons. The van der Waals surface area contributed by atoms with Gasteiger partial charge in [-0.15, -0.1) is 0 Å². The van der Waals surface area contributed by atoms with E-state index < -0.39 is 0 Å². The quantitative estimate of drug-likeness (QED) is 0.524. The number of nitrogens with zero attached hydrogens (tertiary/aromatic N) is 2. The number of hydrogen-bond acceptors (Lipinski definition) is 3. The Bertz CT molecular complexity index is 329. The second kappa shape index (κ2) is 5.24. The molecule has 0 aliphatic carbocycles. The van der Waals surface area contributed by atoms with Gasteiger partial charge in [0.05, 0.1) is 6.34 Å². The standard InChI is InChI=1S/C11H16N2O2/c1-9(13(4)7-12-3)5-6-11-10(2)14-8-15-11/h5-7H,2,8H2,1,3-4H3/b9-5+,11-6+,12-7?. The van der Waals surface area contributed by atoms with Crippen LogP contribution < -0.4 is 0 Å². The van der Waals surface area contributed by atoms with Gasteiger partial charge in [-0.3, -0.25) is 4.99 Å². The van der Waals surface area contributed by atoms with Gasteiger partial charge >= 0.3 is 0 Å². The van der Waals surface area contributed by atoms with Gasteiger partial charge in [0.25, 0.3) is 0 Å². The average Bonchev–Trinajstić information content (AvgIpc) is 2.61. The van der Waals surface area contributed by atoms with Crippen LogP contribution in [0.3, 0.4) is 0 Å². The van der Waals surface area contributed by atoms with E-state index in [1.807, 2.05) is 31.0 Å². The molecule has 1 rings (SSSR count). The van der Waals surface area contributed by atoms with Gasteiger partial charge in [-0.25, -0.2) is 0 Å². The fourth-order valence-electron chi connectivity index (χ4n) is 1.03. The van der Waals surface area contributed by atoms with E-state index in [0.717, 1.165) is 5.70 Å². The van der Waals surface area contributed by atoms with E-state index in [0.29, 0.717) is 11.5 Å². The molecular weight excluding hydrogens is 192 g/mol. The molecule has 0 saturated carbocycles. The molecule has 0 aromatic heterocycles. The van der Waals surface area contributed by atoms with Crippen LogP contribution in [0.25, 0.3) is 0 Å². The Morgan fingerprint density at radius 2 is 2.27 bits per heavy atom. The summed E-state index contributed by atoms with van der Waals surface area (Å²) in [5.41, 5.74) is 1.05. The van der Waals surface area contributed by atoms with Gasteiger partial charge in [-0.1, -0.05) is 6.58 Å². The van der Waals surface area contributed by atoms with E-state index in [-0.39, 0.29) is 6.79 Å². The largest absolute Gasteiger partial charge is 0.454 e. The van der Waals surface area contributed by atoms with Gasteiger partial charge in [0, 0.05) is 19.8 Å². The first-order valence-electron chi connectivity index (χ1n) is 4.63. The van der Waals surface area contributed by atoms with Crippen molar-refractivity contribution in [3.63, 3.8) is 0 Å². The van der Waals surface area contributed by atoms with E-state index in [2.05, 4.69) is 11.6 Å². The van der Waals surface area contributed by atoms with Crippen LogP contribution in [0.2, 0.25) is 0 Å². The summed E-state index contributed by atoms with van der Waals surface area (Å²) in [6.45, 7) is 5.95. The van der Waals surface area contributed by atoms with Crippen molar-refractivity contribution in [1.29, 1.82) is 0 Å². The van der Waals surface area contributed by atoms with Crippen LogP contribution in [0.15, 0.2) is 40.9 Å². The average molecular weight is 208 g/mol. The van der Waals surface area contributed by atoms with E-state index in [1.165, 1.54) is 0 Å². The van der Waals surface area contributed by atoms with Crippen molar-refractivity contribution >= 4 is 6.34 Å². The first kappa shape index (κ1) is 11.4. The van der Waals surface area contributed by atoms with Crippen molar-refractivity contribution in [3.8, 4) is 0 Å². The molecule has 1 heterocycles. The second-order valence-corrected chi connectivity index (χ2v) is 3.15. The van der Waals surface area contributed by atoms with E-state index >= 15 is 0 Å². The van der Waals surface area contributed by atoms with E-state index in [9.17, 15) is 0 Å². The number of aliphatic imine (C=N–C) groups is 1. The van der Waals surface area contributed by atoms with Crippen molar-refractivity contribution in [2.45, 2.75) is 6.92 Å². The summed E-state index contributed by atoms with van der Waals surface area (Å²) in [4.78, 5) is 5.83. The zero-order valence-corrected chi connectivity index (χ0v) is 9.36. The van der Waals surface area contributed by atoms with Crippen LogP contribution in [0, 0.1) is 0 Å². The molecule has 0 aromatic rings. The molecule has 1 aliphatic heterocycles. The Labute approximate surface area is 90.2 Å². The summed E-state index contributed by atoms with van der Waals surface area (Å²) in [5.74, 6) is 1.25. The number of allylic oxidation sites excluding steroid dienone is 3. The van der Waals surface area contributed by atoms with Crippen molar-refractivity contribution in [2.75, 3.05) is 20.9 Å². The first-order chi connectivity index (χ1) is 7.15. The molecule has 4 nitrogen and oxygen atoms in total. The van der Waals surface area contributed by atoms with Crippen LogP contribution >= 0.6 is 0 Å². The van der Waals surface area contributed by atoms with Gasteiger partial charge in [0.1, 0.15) is 0 Å². The third-order valence-electron chi connectivity index (χ3n) is 2.04. The Hall–Kier alpha value is -1.71. The van der Waals surface area contributed by atoms with Crippen LogP contribution in [0.5, 0.6) is 0 Å². The smallest absolute Gasteiger partial charge is 0.231 e. The molecule has 4 heteroatoms. The highest BCUT2D eigenvalue weighted by atomic mass is 16.7. The fourth-order valence-corrected chi connectivity index (χ4v) is 1.03.